The van der Waals surface area contributed by atoms with Crippen LogP contribution in [0, 0.1) is 0 Å². The Morgan fingerprint density at radius 2 is 2.09 bits per heavy atom. The molecule has 1 aromatic heterocycles. The lowest BCUT2D eigenvalue weighted by molar-refractivity contribution is 0.140. The molecule has 0 atom stereocenters. The highest BCUT2D eigenvalue weighted by Crippen LogP contribution is 2.23. The minimum atomic E-state index is -0.237. The number of ether oxygens (including phenoxy) is 1. The molecule has 0 saturated carbocycles. The maximum Gasteiger partial charge on any atom is 0.206 e. The summed E-state index contributed by atoms with van der Waals surface area (Å²) in [6, 6.07) is -0.575. The molecule has 5 heteroatoms. The van der Waals surface area contributed by atoms with E-state index >= 15 is 0 Å². The van der Waals surface area contributed by atoms with Crippen molar-refractivity contribution in [3.63, 3.8) is 0 Å². The number of anilines is 1. The van der Waals surface area contributed by atoms with Crippen LogP contribution in [-0.2, 0) is 11.3 Å². The summed E-state index contributed by atoms with van der Waals surface area (Å²) < 4.78 is 39.9. The van der Waals surface area contributed by atoms with E-state index in [0.29, 0.717) is 36.7 Å². The Morgan fingerprint density at radius 1 is 1.23 bits per heavy atom. The number of hydrogen-bond donors (Lipinski definition) is 0. The fourth-order valence-corrected chi connectivity index (χ4v) is 2.84. The van der Waals surface area contributed by atoms with Gasteiger partial charge in [-0.25, -0.2) is 4.98 Å². The highest BCUT2D eigenvalue weighted by atomic mass is 16.5. The van der Waals surface area contributed by atoms with E-state index in [1.807, 2.05) is 11.5 Å². The molecule has 0 bridgehead atoms. The van der Waals surface area contributed by atoms with Gasteiger partial charge in [0.05, 0.1) is 23.1 Å². The smallest absolute Gasteiger partial charge is 0.206 e. The summed E-state index contributed by atoms with van der Waals surface area (Å²) >= 11 is 0. The number of fused-ring (bicyclic) bond motifs is 1. The predicted octanol–water partition coefficient (Wildman–Crippen LogP) is 2.21. The molecule has 0 amide bonds. The normalized spacial score (nSPS) is 19.6. The Kier molecular flexibility index (Phi) is 3.56. The number of aromatic nitrogens is 2. The van der Waals surface area contributed by atoms with Crippen molar-refractivity contribution >= 4 is 17.0 Å². The third-order valence-corrected chi connectivity index (χ3v) is 4.04. The van der Waals surface area contributed by atoms with Crippen LogP contribution in [0.2, 0.25) is 0 Å². The lowest BCUT2D eigenvalue weighted by atomic mass is 10.3. The van der Waals surface area contributed by atoms with Gasteiger partial charge in [0.15, 0.2) is 0 Å². The molecule has 1 aliphatic rings. The van der Waals surface area contributed by atoms with Gasteiger partial charge in [0.2, 0.25) is 5.95 Å². The Bertz CT molecular complexity index is 795. The third kappa shape index (κ3) is 3.25. The summed E-state index contributed by atoms with van der Waals surface area (Å²) in [6.45, 7) is 7.14. The molecule has 2 aromatic rings. The average molecular weight is 306 g/mol. The molecule has 0 radical (unpaired) electrons. The molecule has 5 nitrogen and oxygen atoms in total. The van der Waals surface area contributed by atoms with Crippen LogP contribution in [0.3, 0.4) is 0 Å². The molecule has 1 saturated heterocycles. The minimum absolute atomic E-state index is 0.0387. The van der Waals surface area contributed by atoms with Crippen LogP contribution in [0.5, 0.6) is 0 Å². The zero-order valence-corrected chi connectivity index (χ0v) is 13.4. The molecule has 3 rings (SSSR count). The molecule has 120 valence electrons. The van der Waals surface area contributed by atoms with Crippen LogP contribution < -0.4 is 4.90 Å². The van der Waals surface area contributed by atoms with E-state index in [2.05, 4.69) is 21.8 Å². The molecule has 0 N–H and O–H groups in total. The van der Waals surface area contributed by atoms with E-state index < -0.39 is 0 Å². The van der Waals surface area contributed by atoms with Crippen molar-refractivity contribution in [1.82, 2.24) is 14.5 Å². The minimum Gasteiger partial charge on any atom is -0.380 e. The zero-order chi connectivity index (χ0) is 18.8. The van der Waals surface area contributed by atoms with E-state index in [1.54, 1.807) is 0 Å². The molecular weight excluding hydrogens is 276 g/mol. The summed E-state index contributed by atoms with van der Waals surface area (Å²) in [4.78, 5) is 9.11. The standard InChI is InChI=1S/C17H26N4O/c1-3-22-14-13-21-16-8-5-4-7-15(16)18-17(21)20-10-6-9-19(2)11-12-20/h4-5,7-8H,3,6,9-14H2,1-2H3/i4D,5D,7D,8D. The first-order valence-electron chi connectivity index (χ1n) is 9.93. The second-order valence-electron chi connectivity index (χ2n) is 5.60. The van der Waals surface area contributed by atoms with Crippen molar-refractivity contribution in [2.24, 2.45) is 0 Å². The first kappa shape index (κ1) is 11.0. The zero-order valence-electron chi connectivity index (χ0n) is 17.4. The predicted molar refractivity (Wildman–Crippen MR) is 90.6 cm³/mol. The first-order chi connectivity index (χ1) is 12.5. The highest BCUT2D eigenvalue weighted by Gasteiger charge is 2.19. The van der Waals surface area contributed by atoms with Crippen molar-refractivity contribution < 1.29 is 10.2 Å². The van der Waals surface area contributed by atoms with Crippen molar-refractivity contribution in [3.05, 3.63) is 24.2 Å². The van der Waals surface area contributed by atoms with E-state index in [4.69, 9.17) is 10.2 Å². The topological polar surface area (TPSA) is 33.5 Å². The highest BCUT2D eigenvalue weighted by molar-refractivity contribution is 5.78. The van der Waals surface area contributed by atoms with Gasteiger partial charge >= 0.3 is 0 Å². The second-order valence-corrected chi connectivity index (χ2v) is 5.60. The van der Waals surface area contributed by atoms with Crippen LogP contribution >= 0.6 is 0 Å². The van der Waals surface area contributed by atoms with Crippen LogP contribution in [0.4, 0.5) is 5.95 Å². The molecule has 0 unspecified atom stereocenters. The van der Waals surface area contributed by atoms with E-state index in [0.717, 1.165) is 32.6 Å². The van der Waals surface area contributed by atoms with Crippen molar-refractivity contribution in [2.45, 2.75) is 19.9 Å². The van der Waals surface area contributed by atoms with E-state index in [-0.39, 0.29) is 24.2 Å². The van der Waals surface area contributed by atoms with Gasteiger partial charge in [0.25, 0.3) is 0 Å². The molecule has 1 fully saturated rings. The van der Waals surface area contributed by atoms with Gasteiger partial charge < -0.3 is 19.1 Å². The van der Waals surface area contributed by atoms with Crippen molar-refractivity contribution in [2.75, 3.05) is 51.3 Å². The molecule has 0 spiro atoms. The molecule has 1 aliphatic heterocycles. The number of rotatable bonds is 5. The van der Waals surface area contributed by atoms with Gasteiger partial charge in [0, 0.05) is 32.8 Å². The first-order valence-corrected chi connectivity index (χ1v) is 7.93. The Morgan fingerprint density at radius 3 is 2.95 bits per heavy atom. The number of benzene rings is 1. The maximum atomic E-state index is 8.33. The summed E-state index contributed by atoms with van der Waals surface area (Å²) in [5.41, 5.74) is 0.795. The van der Waals surface area contributed by atoms with Crippen molar-refractivity contribution in [1.29, 1.82) is 0 Å². The number of para-hydroxylation sites is 2. The van der Waals surface area contributed by atoms with Crippen LogP contribution in [0.1, 0.15) is 18.8 Å². The van der Waals surface area contributed by atoms with Gasteiger partial charge in [-0.1, -0.05) is 12.1 Å². The van der Waals surface area contributed by atoms with E-state index in [1.165, 1.54) is 0 Å². The van der Waals surface area contributed by atoms with Crippen LogP contribution in [-0.4, -0.2) is 60.9 Å². The Hall–Kier alpha value is -1.59. The maximum absolute atomic E-state index is 8.33. The summed E-state index contributed by atoms with van der Waals surface area (Å²) in [6.07, 6.45) is 1.01. The van der Waals surface area contributed by atoms with E-state index in [9.17, 15) is 0 Å². The molecule has 22 heavy (non-hydrogen) atoms. The molecule has 0 aliphatic carbocycles. The lowest BCUT2D eigenvalue weighted by Gasteiger charge is -2.23. The van der Waals surface area contributed by atoms with Gasteiger partial charge in [-0.2, -0.15) is 0 Å². The van der Waals surface area contributed by atoms with Gasteiger partial charge in [0.1, 0.15) is 0 Å². The third-order valence-electron chi connectivity index (χ3n) is 4.04. The second kappa shape index (κ2) is 7.11. The molecular formula is C17H26N4O. The fourth-order valence-electron chi connectivity index (χ4n) is 2.84. The van der Waals surface area contributed by atoms with Crippen molar-refractivity contribution in [3.8, 4) is 0 Å². The Labute approximate surface area is 138 Å². The fraction of sp³-hybridized carbons (Fsp3) is 0.588. The Balaban J connectivity index is 2.12. The van der Waals surface area contributed by atoms with Crippen LogP contribution in [0.15, 0.2) is 24.2 Å². The number of likely N-dealkylation sites (N-methyl/N-ethyl adjacent to an activating group) is 1. The largest absolute Gasteiger partial charge is 0.380 e. The number of imidazole rings is 1. The quantitative estimate of drug-likeness (QED) is 0.793. The number of hydrogen-bond acceptors (Lipinski definition) is 4. The van der Waals surface area contributed by atoms with Gasteiger partial charge in [-0.15, -0.1) is 0 Å². The number of nitrogens with zero attached hydrogens (tertiary/aromatic N) is 4. The summed E-state index contributed by atoms with van der Waals surface area (Å²) in [5, 5.41) is 0. The summed E-state index contributed by atoms with van der Waals surface area (Å²) in [5.74, 6) is 0.710. The lowest BCUT2D eigenvalue weighted by Crippen LogP contribution is -2.31. The molecule has 1 aromatic carbocycles. The monoisotopic (exact) mass is 306 g/mol. The van der Waals surface area contributed by atoms with Gasteiger partial charge in [-0.3, -0.25) is 0 Å². The molecule has 2 heterocycles. The average Bonchev–Trinajstić information content (AvgIpc) is 2.87. The summed E-state index contributed by atoms with van der Waals surface area (Å²) in [7, 11) is 2.10. The van der Waals surface area contributed by atoms with Gasteiger partial charge in [-0.05, 0) is 39.0 Å². The SMILES string of the molecule is [2H]c1c([2H])c([2H])c2c(nc(N3CCCN(C)CC3)n2CCOCC)c1[2H]. The van der Waals surface area contributed by atoms with Crippen LogP contribution in [0.25, 0.3) is 11.0 Å².